The number of carbonyl (C=O) groups is 1. The number of para-hydroxylation sites is 1. The van der Waals surface area contributed by atoms with Crippen molar-refractivity contribution in [2.75, 3.05) is 30.9 Å². The summed E-state index contributed by atoms with van der Waals surface area (Å²) in [5.74, 6) is -0.122. The van der Waals surface area contributed by atoms with Crippen LogP contribution in [-0.4, -0.2) is 60.4 Å². The maximum atomic E-state index is 13.2. The minimum absolute atomic E-state index is 0.0344. The lowest BCUT2D eigenvalue weighted by molar-refractivity contribution is 0.0760. The molecule has 0 spiro atoms. The molecule has 2 heterocycles. The summed E-state index contributed by atoms with van der Waals surface area (Å²) in [7, 11) is -3.89. The van der Waals surface area contributed by atoms with Gasteiger partial charge in [0.2, 0.25) is 0 Å². The molecule has 0 aliphatic carbocycles. The van der Waals surface area contributed by atoms with Gasteiger partial charge in [-0.1, -0.05) is 35.9 Å². The molecule has 1 aliphatic rings. The lowest BCUT2D eigenvalue weighted by Gasteiger charge is -2.27. The number of amides is 1. The Morgan fingerprint density at radius 1 is 0.949 bits per heavy atom. The molecule has 4 aromatic rings. The summed E-state index contributed by atoms with van der Waals surface area (Å²) in [6, 6.07) is 19.8. The Kier molecular flexibility index (Phi) is 7.95. The van der Waals surface area contributed by atoms with E-state index in [1.165, 1.54) is 6.07 Å². The Hall–Kier alpha value is -3.37. The number of benzene rings is 3. The van der Waals surface area contributed by atoms with E-state index in [1.807, 2.05) is 4.90 Å². The molecule has 39 heavy (non-hydrogen) atoms. The van der Waals surface area contributed by atoms with Crippen LogP contribution in [0.15, 0.2) is 83.9 Å². The molecule has 1 saturated heterocycles. The van der Waals surface area contributed by atoms with E-state index in [9.17, 15) is 18.3 Å². The first-order valence-electron chi connectivity index (χ1n) is 12.4. The lowest BCUT2D eigenvalue weighted by atomic mass is 10.1. The van der Waals surface area contributed by atoms with Crippen LogP contribution < -0.4 is 4.72 Å². The molecular weight excluding hydrogens is 559 g/mol. The van der Waals surface area contributed by atoms with Crippen molar-refractivity contribution in [3.8, 4) is 5.75 Å². The molecule has 5 rings (SSSR count). The zero-order valence-electron chi connectivity index (χ0n) is 20.8. The highest BCUT2D eigenvalue weighted by Crippen LogP contribution is 2.37. The number of hydrogen-bond acceptors (Lipinski definition) is 6. The summed E-state index contributed by atoms with van der Waals surface area (Å²) in [6.07, 6.45) is 2.24. The van der Waals surface area contributed by atoms with Crippen LogP contribution in [-0.2, 0) is 10.0 Å². The van der Waals surface area contributed by atoms with Gasteiger partial charge in [0.25, 0.3) is 15.9 Å². The zero-order chi connectivity index (χ0) is 27.6. The van der Waals surface area contributed by atoms with Crippen molar-refractivity contribution >= 4 is 55.7 Å². The number of anilines is 1. The van der Waals surface area contributed by atoms with E-state index in [-0.39, 0.29) is 16.6 Å². The standard InChI is InChI=1S/C28H26Cl2N4O4S/c29-22-7-2-8-23(35)25(22)27(30)33-15-4-16-34(18-17-33)28(36)20-10-12-21(13-11-20)32-39(37,38)24-9-1-5-19-6-3-14-31-26(19)24/h1-3,5-14,27,32,35H,4,15-18H2. The van der Waals surface area contributed by atoms with Crippen molar-refractivity contribution in [3.63, 3.8) is 0 Å². The number of nitrogens with one attached hydrogen (secondary N) is 1. The number of fused-ring (bicyclic) bond motifs is 1. The largest absolute Gasteiger partial charge is 0.508 e. The summed E-state index contributed by atoms with van der Waals surface area (Å²) < 4.78 is 28.7. The Morgan fingerprint density at radius 3 is 2.46 bits per heavy atom. The Morgan fingerprint density at radius 2 is 1.69 bits per heavy atom. The fourth-order valence-corrected chi connectivity index (χ4v) is 6.67. The third-order valence-corrected chi connectivity index (χ3v) is 8.91. The smallest absolute Gasteiger partial charge is 0.264 e. The van der Waals surface area contributed by atoms with E-state index in [1.54, 1.807) is 77.8 Å². The number of aromatic hydroxyl groups is 1. The number of hydrogen-bond donors (Lipinski definition) is 2. The van der Waals surface area contributed by atoms with Gasteiger partial charge in [0, 0.05) is 54.6 Å². The number of alkyl halides is 1. The van der Waals surface area contributed by atoms with E-state index in [0.717, 1.165) is 5.39 Å². The number of carbonyl (C=O) groups excluding carboxylic acids is 1. The molecule has 1 amide bonds. The molecule has 2 N–H and O–H groups in total. The van der Waals surface area contributed by atoms with E-state index in [4.69, 9.17) is 23.2 Å². The van der Waals surface area contributed by atoms with Gasteiger partial charge in [0.05, 0.1) is 10.5 Å². The van der Waals surface area contributed by atoms with Crippen molar-refractivity contribution < 1.29 is 18.3 Å². The molecule has 0 radical (unpaired) electrons. The Balaban J connectivity index is 1.26. The normalized spacial score (nSPS) is 15.6. The van der Waals surface area contributed by atoms with Crippen LogP contribution in [0.2, 0.25) is 5.02 Å². The molecule has 1 atom stereocenters. The third-order valence-electron chi connectivity index (χ3n) is 6.68. The van der Waals surface area contributed by atoms with Crippen molar-refractivity contribution in [1.29, 1.82) is 0 Å². The minimum atomic E-state index is -3.89. The average Bonchev–Trinajstić information content (AvgIpc) is 3.19. The predicted octanol–water partition coefficient (Wildman–Crippen LogP) is 5.48. The van der Waals surface area contributed by atoms with Crippen molar-refractivity contribution in [1.82, 2.24) is 14.8 Å². The second kappa shape index (κ2) is 11.4. The minimum Gasteiger partial charge on any atom is -0.508 e. The number of phenolic OH excluding ortho intramolecular Hbond substituents is 1. The molecule has 1 fully saturated rings. The number of phenols is 1. The molecule has 11 heteroatoms. The maximum Gasteiger partial charge on any atom is 0.264 e. The number of pyridine rings is 1. The van der Waals surface area contributed by atoms with E-state index >= 15 is 0 Å². The lowest BCUT2D eigenvalue weighted by Crippen LogP contribution is -2.35. The summed E-state index contributed by atoms with van der Waals surface area (Å²) >= 11 is 13.0. The average molecular weight is 586 g/mol. The molecular formula is C28H26Cl2N4O4S. The first kappa shape index (κ1) is 27.2. The molecule has 3 aromatic carbocycles. The highest BCUT2D eigenvalue weighted by atomic mass is 35.5. The van der Waals surface area contributed by atoms with Crippen molar-refractivity contribution in [2.24, 2.45) is 0 Å². The summed E-state index contributed by atoms with van der Waals surface area (Å²) in [6.45, 7) is 2.11. The molecule has 1 aromatic heterocycles. The number of halogens is 2. The number of rotatable bonds is 6. The fraction of sp³-hybridized carbons (Fsp3) is 0.214. The van der Waals surface area contributed by atoms with E-state index < -0.39 is 15.5 Å². The maximum absolute atomic E-state index is 13.2. The molecule has 1 aliphatic heterocycles. The topological polar surface area (TPSA) is 103 Å². The SMILES string of the molecule is O=C(c1ccc(NS(=O)(=O)c2cccc3cccnc23)cc1)N1CCCN(C(Cl)c2c(O)cccc2Cl)CC1. The van der Waals surface area contributed by atoms with Gasteiger partial charge < -0.3 is 10.0 Å². The van der Waals surface area contributed by atoms with Gasteiger partial charge in [-0.25, -0.2) is 8.42 Å². The summed E-state index contributed by atoms with van der Waals surface area (Å²) in [4.78, 5) is 21.3. The van der Waals surface area contributed by atoms with Crippen LogP contribution in [0.1, 0.15) is 27.8 Å². The monoisotopic (exact) mass is 584 g/mol. The van der Waals surface area contributed by atoms with Gasteiger partial charge >= 0.3 is 0 Å². The number of nitrogens with zero attached hydrogens (tertiary/aromatic N) is 3. The van der Waals surface area contributed by atoms with E-state index in [0.29, 0.717) is 60.0 Å². The quantitative estimate of drug-likeness (QED) is 0.230. The second-order valence-corrected chi connectivity index (χ2v) is 11.7. The highest BCUT2D eigenvalue weighted by molar-refractivity contribution is 7.93. The van der Waals surface area contributed by atoms with Crippen LogP contribution in [0.5, 0.6) is 5.75 Å². The second-order valence-electron chi connectivity index (χ2n) is 9.20. The van der Waals surface area contributed by atoms with Gasteiger partial charge in [-0.15, -0.1) is 11.6 Å². The molecule has 8 nitrogen and oxygen atoms in total. The number of aromatic nitrogens is 1. The first-order valence-corrected chi connectivity index (χ1v) is 14.7. The Labute approximate surface area is 236 Å². The van der Waals surface area contributed by atoms with Crippen molar-refractivity contribution in [3.05, 3.63) is 95.1 Å². The van der Waals surface area contributed by atoms with Gasteiger partial charge in [-0.05, 0) is 55.0 Å². The van der Waals surface area contributed by atoms with Crippen LogP contribution in [0, 0.1) is 0 Å². The highest BCUT2D eigenvalue weighted by Gasteiger charge is 2.27. The Bertz CT molecular complexity index is 1590. The van der Waals surface area contributed by atoms with E-state index in [2.05, 4.69) is 9.71 Å². The fourth-order valence-electron chi connectivity index (χ4n) is 4.68. The summed E-state index contributed by atoms with van der Waals surface area (Å²) in [5, 5.41) is 11.4. The summed E-state index contributed by atoms with van der Waals surface area (Å²) in [5.41, 5.74) is 1.00. The molecule has 1 unspecified atom stereocenters. The van der Waals surface area contributed by atoms with Crippen LogP contribution in [0.3, 0.4) is 0 Å². The molecule has 202 valence electrons. The van der Waals surface area contributed by atoms with Crippen LogP contribution >= 0.6 is 23.2 Å². The van der Waals surface area contributed by atoms with Crippen LogP contribution in [0.25, 0.3) is 10.9 Å². The first-order chi connectivity index (χ1) is 18.7. The van der Waals surface area contributed by atoms with Gasteiger partial charge in [-0.2, -0.15) is 0 Å². The molecule has 0 bridgehead atoms. The van der Waals surface area contributed by atoms with Gasteiger partial charge in [0.1, 0.15) is 16.1 Å². The number of sulfonamides is 1. The van der Waals surface area contributed by atoms with Gasteiger partial charge in [-0.3, -0.25) is 19.4 Å². The van der Waals surface area contributed by atoms with Crippen molar-refractivity contribution in [2.45, 2.75) is 16.8 Å². The third kappa shape index (κ3) is 5.81. The van der Waals surface area contributed by atoms with Crippen LogP contribution in [0.4, 0.5) is 5.69 Å². The molecule has 0 saturated carbocycles. The zero-order valence-corrected chi connectivity index (χ0v) is 23.1. The predicted molar refractivity (Wildman–Crippen MR) is 153 cm³/mol. The van der Waals surface area contributed by atoms with Gasteiger partial charge in [0.15, 0.2) is 0 Å².